The van der Waals surface area contributed by atoms with E-state index in [1.54, 1.807) is 6.07 Å². The molecular weight excluding hydrogens is 314 g/mol. The number of hydrogen-bond acceptors (Lipinski definition) is 1. The number of hydrogen-bond donors (Lipinski definition) is 0. The van der Waals surface area contributed by atoms with Gasteiger partial charge in [-0.2, -0.15) is 0 Å². The van der Waals surface area contributed by atoms with Crippen molar-refractivity contribution in [3.05, 3.63) is 34.3 Å². The topological polar surface area (TPSA) is 20.3 Å². The van der Waals surface area contributed by atoms with Crippen molar-refractivity contribution in [3.8, 4) is 0 Å². The van der Waals surface area contributed by atoms with E-state index in [2.05, 4.69) is 15.9 Å². The maximum absolute atomic E-state index is 12.5. The van der Waals surface area contributed by atoms with E-state index in [1.165, 1.54) is 6.42 Å². The summed E-state index contributed by atoms with van der Waals surface area (Å²) in [5, 5.41) is 1.44. The Hall–Kier alpha value is -0.540. The van der Waals surface area contributed by atoms with Gasteiger partial charge in [0.1, 0.15) is 0 Å². The van der Waals surface area contributed by atoms with Gasteiger partial charge in [0.2, 0.25) is 0 Å². The summed E-state index contributed by atoms with van der Waals surface area (Å²) >= 11 is 9.44. The molecule has 4 heteroatoms. The molecule has 0 bridgehead atoms. The van der Waals surface area contributed by atoms with Crippen LogP contribution in [-0.2, 0) is 0 Å². The summed E-state index contributed by atoms with van der Waals surface area (Å²) in [4.78, 5) is 14.5. The molecule has 1 fully saturated rings. The van der Waals surface area contributed by atoms with Gasteiger partial charge < -0.3 is 4.90 Å². The van der Waals surface area contributed by atoms with Crippen LogP contribution >= 0.6 is 27.5 Å². The molecule has 2 rings (SSSR count). The normalized spacial score (nSPS) is 15.3. The molecule has 0 heterocycles. The fourth-order valence-electron chi connectivity index (χ4n) is 2.26. The second-order valence-corrected chi connectivity index (χ2v) is 6.02. The standard InChI is InChI=1S/C14H17BrClNO/c1-10-7-11(9-12(16)8-10)14(18)17(6-5-15)13-3-2-4-13/h7-9,13H,2-6H2,1H3. The first-order valence-corrected chi connectivity index (χ1v) is 7.76. The minimum absolute atomic E-state index is 0.102. The van der Waals surface area contributed by atoms with Crippen LogP contribution in [0.4, 0.5) is 0 Å². The number of alkyl halides is 1. The van der Waals surface area contributed by atoms with Crippen LogP contribution in [0.15, 0.2) is 18.2 Å². The number of benzene rings is 1. The fraction of sp³-hybridized carbons (Fsp3) is 0.500. The Bertz CT molecular complexity index is 425. The Kier molecular flexibility index (Phi) is 4.68. The van der Waals surface area contributed by atoms with Gasteiger partial charge in [-0.25, -0.2) is 0 Å². The van der Waals surface area contributed by atoms with Crippen molar-refractivity contribution in [3.63, 3.8) is 0 Å². The molecule has 0 spiro atoms. The molecule has 0 aliphatic heterocycles. The second kappa shape index (κ2) is 6.07. The Morgan fingerprint density at radius 3 is 2.67 bits per heavy atom. The number of carbonyl (C=O) groups is 1. The molecule has 0 saturated heterocycles. The smallest absolute Gasteiger partial charge is 0.254 e. The van der Waals surface area contributed by atoms with E-state index in [9.17, 15) is 4.79 Å². The average Bonchev–Trinajstić information content (AvgIpc) is 2.23. The number of rotatable bonds is 4. The van der Waals surface area contributed by atoms with Crippen molar-refractivity contribution in [2.75, 3.05) is 11.9 Å². The fourth-order valence-corrected chi connectivity index (χ4v) is 2.94. The van der Waals surface area contributed by atoms with Gasteiger partial charge in [0.05, 0.1) is 0 Å². The number of aryl methyl sites for hydroxylation is 1. The molecule has 1 aliphatic rings. The first kappa shape index (κ1) is 13.9. The predicted molar refractivity (Wildman–Crippen MR) is 78.7 cm³/mol. The predicted octanol–water partition coefficient (Wildman–Crippen LogP) is 4.04. The van der Waals surface area contributed by atoms with Gasteiger partial charge in [0, 0.05) is 28.5 Å². The molecule has 1 aromatic carbocycles. The monoisotopic (exact) mass is 329 g/mol. The summed E-state index contributed by atoms with van der Waals surface area (Å²) < 4.78 is 0. The Morgan fingerprint density at radius 2 is 2.17 bits per heavy atom. The van der Waals surface area contributed by atoms with E-state index >= 15 is 0 Å². The maximum atomic E-state index is 12.5. The third-order valence-corrected chi connectivity index (χ3v) is 3.96. The first-order chi connectivity index (χ1) is 8.61. The summed E-state index contributed by atoms with van der Waals surface area (Å²) in [5.41, 5.74) is 1.73. The number of carbonyl (C=O) groups excluding carboxylic acids is 1. The van der Waals surface area contributed by atoms with E-state index < -0.39 is 0 Å². The van der Waals surface area contributed by atoms with Crippen LogP contribution in [-0.4, -0.2) is 28.7 Å². The van der Waals surface area contributed by atoms with Crippen molar-refractivity contribution in [1.29, 1.82) is 0 Å². The van der Waals surface area contributed by atoms with E-state index in [1.807, 2.05) is 24.0 Å². The molecule has 1 saturated carbocycles. The van der Waals surface area contributed by atoms with Crippen LogP contribution in [0, 0.1) is 6.92 Å². The van der Waals surface area contributed by atoms with E-state index in [-0.39, 0.29) is 5.91 Å². The summed E-state index contributed by atoms with van der Waals surface area (Å²) in [6.07, 6.45) is 3.47. The van der Waals surface area contributed by atoms with Crippen molar-refractivity contribution < 1.29 is 4.79 Å². The van der Waals surface area contributed by atoms with Crippen molar-refractivity contribution in [2.45, 2.75) is 32.2 Å². The summed E-state index contributed by atoms with van der Waals surface area (Å²) in [6, 6.07) is 5.95. The molecular formula is C14H17BrClNO. The zero-order valence-corrected chi connectivity index (χ0v) is 12.8. The highest BCUT2D eigenvalue weighted by atomic mass is 79.9. The number of nitrogens with zero attached hydrogens (tertiary/aromatic N) is 1. The van der Waals surface area contributed by atoms with Crippen LogP contribution in [0.5, 0.6) is 0 Å². The molecule has 0 radical (unpaired) electrons. The number of halogens is 2. The quantitative estimate of drug-likeness (QED) is 0.763. The van der Waals surface area contributed by atoms with E-state index in [0.29, 0.717) is 16.6 Å². The van der Waals surface area contributed by atoms with Gasteiger partial charge >= 0.3 is 0 Å². The lowest BCUT2D eigenvalue weighted by Crippen LogP contribution is -2.45. The van der Waals surface area contributed by atoms with Gasteiger partial charge in [-0.1, -0.05) is 27.5 Å². The molecule has 18 heavy (non-hydrogen) atoms. The van der Waals surface area contributed by atoms with Crippen LogP contribution < -0.4 is 0 Å². The van der Waals surface area contributed by atoms with Crippen molar-refractivity contribution in [2.24, 2.45) is 0 Å². The summed E-state index contributed by atoms with van der Waals surface area (Å²) in [5.74, 6) is 0.102. The highest BCUT2D eigenvalue weighted by Crippen LogP contribution is 2.27. The van der Waals surface area contributed by atoms with Gasteiger partial charge in [0.15, 0.2) is 0 Å². The van der Waals surface area contributed by atoms with Crippen molar-refractivity contribution >= 4 is 33.4 Å². The van der Waals surface area contributed by atoms with Gasteiger partial charge in [-0.3, -0.25) is 4.79 Å². The third-order valence-electron chi connectivity index (χ3n) is 3.39. The molecule has 1 aliphatic carbocycles. The summed E-state index contributed by atoms with van der Waals surface area (Å²) in [7, 11) is 0. The lowest BCUT2D eigenvalue weighted by Gasteiger charge is -2.37. The molecule has 0 atom stereocenters. The van der Waals surface area contributed by atoms with E-state index in [0.717, 1.165) is 30.3 Å². The lowest BCUT2D eigenvalue weighted by atomic mass is 9.91. The number of amides is 1. The first-order valence-electron chi connectivity index (χ1n) is 6.26. The molecule has 98 valence electrons. The van der Waals surface area contributed by atoms with Crippen LogP contribution in [0.2, 0.25) is 5.02 Å². The SMILES string of the molecule is Cc1cc(Cl)cc(C(=O)N(CCBr)C2CCC2)c1. The largest absolute Gasteiger partial charge is 0.335 e. The van der Waals surface area contributed by atoms with E-state index in [4.69, 9.17) is 11.6 Å². The highest BCUT2D eigenvalue weighted by molar-refractivity contribution is 9.09. The van der Waals surface area contributed by atoms with Crippen LogP contribution in [0.25, 0.3) is 0 Å². The Morgan fingerprint density at radius 1 is 1.44 bits per heavy atom. The highest BCUT2D eigenvalue weighted by Gasteiger charge is 2.28. The zero-order chi connectivity index (χ0) is 13.1. The molecule has 0 aromatic heterocycles. The van der Waals surface area contributed by atoms with Crippen molar-refractivity contribution in [1.82, 2.24) is 4.90 Å². The van der Waals surface area contributed by atoms with Crippen LogP contribution in [0.1, 0.15) is 35.2 Å². The molecule has 1 amide bonds. The van der Waals surface area contributed by atoms with Gasteiger partial charge in [-0.05, 0) is 49.9 Å². The minimum Gasteiger partial charge on any atom is -0.335 e. The third kappa shape index (κ3) is 3.07. The molecule has 2 nitrogen and oxygen atoms in total. The van der Waals surface area contributed by atoms with Gasteiger partial charge in [0.25, 0.3) is 5.91 Å². The maximum Gasteiger partial charge on any atom is 0.254 e. The Balaban J connectivity index is 2.21. The second-order valence-electron chi connectivity index (χ2n) is 4.79. The average molecular weight is 331 g/mol. The molecule has 0 unspecified atom stereocenters. The van der Waals surface area contributed by atoms with Gasteiger partial charge in [-0.15, -0.1) is 0 Å². The Labute approximate surface area is 121 Å². The van der Waals surface area contributed by atoms with Crippen LogP contribution in [0.3, 0.4) is 0 Å². The molecule has 0 N–H and O–H groups in total. The summed E-state index contributed by atoms with van der Waals surface area (Å²) in [6.45, 7) is 2.72. The lowest BCUT2D eigenvalue weighted by molar-refractivity contribution is 0.0599. The minimum atomic E-state index is 0.102. The zero-order valence-electron chi connectivity index (χ0n) is 10.5. The molecule has 1 aromatic rings.